The van der Waals surface area contributed by atoms with Crippen LogP contribution in [0.25, 0.3) is 0 Å². The summed E-state index contributed by atoms with van der Waals surface area (Å²) in [7, 11) is 1.43. The van der Waals surface area contributed by atoms with Crippen molar-refractivity contribution in [1.29, 1.82) is 0 Å². The highest BCUT2D eigenvalue weighted by molar-refractivity contribution is 8.14. The molecule has 0 spiro atoms. The molecule has 2 aromatic rings. The van der Waals surface area contributed by atoms with Crippen molar-refractivity contribution in [3.63, 3.8) is 0 Å². The quantitative estimate of drug-likeness (QED) is 0.822. The summed E-state index contributed by atoms with van der Waals surface area (Å²) in [5.74, 6) is 0.356. The maximum Gasteiger partial charge on any atom is 0.182 e. The Kier molecular flexibility index (Phi) is 5.28. The predicted octanol–water partition coefficient (Wildman–Crippen LogP) is 4.87. The number of nitrogens with zero attached hydrogens (tertiary/aromatic N) is 2. The first kappa shape index (κ1) is 17.1. The summed E-state index contributed by atoms with van der Waals surface area (Å²) >= 11 is 13.3. The van der Waals surface area contributed by atoms with Gasteiger partial charge in [0.1, 0.15) is 0 Å². The van der Waals surface area contributed by atoms with Crippen LogP contribution < -0.4 is 10.2 Å². The van der Waals surface area contributed by atoms with Gasteiger partial charge in [0.15, 0.2) is 16.7 Å². The monoisotopic (exact) mass is 383 g/mol. The normalized spacial score (nSPS) is 15.8. The van der Waals surface area contributed by atoms with E-state index in [-0.39, 0.29) is 5.75 Å². The van der Waals surface area contributed by atoms with Gasteiger partial charge < -0.3 is 4.74 Å². The number of hydrogen-bond donors (Lipinski definition) is 1. The van der Waals surface area contributed by atoms with Crippen LogP contribution in [0.15, 0.2) is 46.5 Å². The van der Waals surface area contributed by atoms with E-state index in [2.05, 4.69) is 15.5 Å². The van der Waals surface area contributed by atoms with Crippen LogP contribution in [0.2, 0.25) is 10.0 Å². The lowest BCUT2D eigenvalue weighted by Crippen LogP contribution is -2.25. The zero-order chi connectivity index (χ0) is 17.1. The van der Waals surface area contributed by atoms with Gasteiger partial charge in [-0.15, -0.1) is 0 Å². The van der Waals surface area contributed by atoms with Crippen molar-refractivity contribution in [2.45, 2.75) is 0 Å². The topological polar surface area (TPSA) is 46.0 Å². The number of benzene rings is 2. The zero-order valence-corrected chi connectivity index (χ0v) is 14.8. The third kappa shape index (κ3) is 3.83. The maximum atomic E-state index is 13.8. The van der Waals surface area contributed by atoms with E-state index >= 15 is 0 Å². The van der Waals surface area contributed by atoms with Gasteiger partial charge in [0.05, 0.1) is 28.6 Å². The molecule has 1 aliphatic rings. The number of halogens is 3. The summed E-state index contributed by atoms with van der Waals surface area (Å²) in [6.07, 6.45) is 0. The minimum absolute atomic E-state index is 0.206. The van der Waals surface area contributed by atoms with Gasteiger partial charge in [-0.2, -0.15) is 5.10 Å². The Bertz CT molecular complexity index is 842. The molecular formula is C16H12Cl2FN3OS. The Morgan fingerprint density at radius 1 is 1.21 bits per heavy atom. The van der Waals surface area contributed by atoms with E-state index in [4.69, 9.17) is 27.9 Å². The fourth-order valence-corrected chi connectivity index (χ4v) is 3.12. The van der Waals surface area contributed by atoms with E-state index < -0.39 is 5.82 Å². The molecule has 0 fully saturated rings. The standard InChI is InChI=1S/C16H12Cl2FN3OS/c1-23-15-5-2-9(6-13(15)19)14-8-24-16(22-21-14)20-10-3-4-11(17)12(18)7-10/h2-7H,8H2,1H3,(H,20,22). The highest BCUT2D eigenvalue weighted by Gasteiger charge is 2.15. The first-order valence-corrected chi connectivity index (χ1v) is 8.64. The SMILES string of the molecule is COc1ccc(C2=NNC(=Nc3ccc(Cl)c(Cl)c3)SC2)cc1F. The largest absolute Gasteiger partial charge is 0.494 e. The molecule has 0 bridgehead atoms. The van der Waals surface area contributed by atoms with Crippen LogP contribution in [-0.2, 0) is 0 Å². The van der Waals surface area contributed by atoms with Crippen LogP contribution in [0.3, 0.4) is 0 Å². The van der Waals surface area contributed by atoms with Crippen molar-refractivity contribution in [2.24, 2.45) is 10.1 Å². The number of hydrogen-bond acceptors (Lipinski definition) is 4. The lowest BCUT2D eigenvalue weighted by molar-refractivity contribution is 0.386. The number of amidine groups is 1. The van der Waals surface area contributed by atoms with Crippen molar-refractivity contribution in [3.8, 4) is 5.75 Å². The number of methoxy groups -OCH3 is 1. The van der Waals surface area contributed by atoms with Gasteiger partial charge in [-0.3, -0.25) is 5.43 Å². The Balaban J connectivity index is 1.77. The molecule has 1 aliphatic heterocycles. The second kappa shape index (κ2) is 7.42. The summed E-state index contributed by atoms with van der Waals surface area (Å²) in [4.78, 5) is 4.42. The molecule has 0 unspecified atom stereocenters. The molecular weight excluding hydrogens is 372 g/mol. The van der Waals surface area contributed by atoms with Crippen molar-refractivity contribution >= 4 is 51.5 Å². The highest BCUT2D eigenvalue weighted by Crippen LogP contribution is 2.28. The van der Waals surface area contributed by atoms with E-state index in [1.165, 1.54) is 24.9 Å². The van der Waals surface area contributed by atoms with Crippen LogP contribution >= 0.6 is 35.0 Å². The van der Waals surface area contributed by atoms with Crippen molar-refractivity contribution in [1.82, 2.24) is 5.43 Å². The minimum Gasteiger partial charge on any atom is -0.494 e. The van der Waals surface area contributed by atoms with E-state index in [9.17, 15) is 4.39 Å². The molecule has 124 valence electrons. The third-order valence-corrected chi connectivity index (χ3v) is 4.86. The highest BCUT2D eigenvalue weighted by atomic mass is 35.5. The molecule has 0 saturated carbocycles. The van der Waals surface area contributed by atoms with Crippen LogP contribution in [0, 0.1) is 5.82 Å². The molecule has 2 aromatic carbocycles. The average molecular weight is 384 g/mol. The molecule has 8 heteroatoms. The van der Waals surface area contributed by atoms with Gasteiger partial charge in [0, 0.05) is 11.3 Å². The van der Waals surface area contributed by atoms with Crippen molar-refractivity contribution in [3.05, 3.63) is 57.8 Å². The molecule has 0 radical (unpaired) electrons. The fraction of sp³-hybridized carbons (Fsp3) is 0.125. The molecule has 0 aliphatic carbocycles. The van der Waals surface area contributed by atoms with E-state index in [0.29, 0.717) is 32.2 Å². The van der Waals surface area contributed by atoms with Gasteiger partial charge in [-0.1, -0.05) is 35.0 Å². The molecule has 0 atom stereocenters. The number of aliphatic imine (C=N–C) groups is 1. The number of nitrogens with one attached hydrogen (secondary N) is 1. The molecule has 4 nitrogen and oxygen atoms in total. The lowest BCUT2D eigenvalue weighted by atomic mass is 10.1. The smallest absolute Gasteiger partial charge is 0.182 e. The van der Waals surface area contributed by atoms with Crippen molar-refractivity contribution in [2.75, 3.05) is 12.9 Å². The first-order valence-electron chi connectivity index (χ1n) is 6.90. The summed E-state index contributed by atoms with van der Waals surface area (Å²) in [5.41, 5.74) is 4.97. The van der Waals surface area contributed by atoms with Gasteiger partial charge in [-0.05, 0) is 36.4 Å². The number of thioether (sulfide) groups is 1. The van der Waals surface area contributed by atoms with E-state index in [1.807, 2.05) is 0 Å². The maximum absolute atomic E-state index is 13.8. The summed E-state index contributed by atoms with van der Waals surface area (Å²) in [6, 6.07) is 9.88. The molecule has 0 aromatic heterocycles. The Hall–Kier alpha value is -1.76. The second-order valence-corrected chi connectivity index (χ2v) is 6.60. The zero-order valence-electron chi connectivity index (χ0n) is 12.5. The number of ether oxygens (including phenoxy) is 1. The molecule has 1 heterocycles. The second-order valence-electron chi connectivity index (χ2n) is 4.82. The average Bonchev–Trinajstić information content (AvgIpc) is 2.59. The number of hydrazone groups is 1. The van der Waals surface area contributed by atoms with Gasteiger partial charge in [0.2, 0.25) is 0 Å². The summed E-state index contributed by atoms with van der Waals surface area (Å²) < 4.78 is 18.7. The number of rotatable bonds is 3. The molecule has 0 amide bonds. The molecule has 3 rings (SSSR count). The Morgan fingerprint density at radius 3 is 2.67 bits per heavy atom. The fourth-order valence-electron chi connectivity index (χ4n) is 2.04. The minimum atomic E-state index is -0.419. The Labute approximate surface area is 152 Å². The van der Waals surface area contributed by atoms with E-state index in [1.54, 1.807) is 30.3 Å². The van der Waals surface area contributed by atoms with E-state index in [0.717, 1.165) is 5.71 Å². The predicted molar refractivity (Wildman–Crippen MR) is 98.6 cm³/mol. The van der Waals surface area contributed by atoms with Crippen LogP contribution in [0.5, 0.6) is 5.75 Å². The first-order chi connectivity index (χ1) is 11.6. The van der Waals surface area contributed by atoms with Gasteiger partial charge >= 0.3 is 0 Å². The summed E-state index contributed by atoms with van der Waals surface area (Å²) in [6.45, 7) is 0. The Morgan fingerprint density at radius 2 is 2.04 bits per heavy atom. The summed E-state index contributed by atoms with van der Waals surface area (Å²) in [5, 5.41) is 5.81. The van der Waals surface area contributed by atoms with Gasteiger partial charge in [0.25, 0.3) is 0 Å². The van der Waals surface area contributed by atoms with Crippen LogP contribution in [0.4, 0.5) is 10.1 Å². The lowest BCUT2D eigenvalue weighted by Gasteiger charge is -2.15. The van der Waals surface area contributed by atoms with Crippen molar-refractivity contribution < 1.29 is 9.13 Å². The third-order valence-electron chi connectivity index (χ3n) is 3.25. The molecule has 1 N–H and O–H groups in total. The molecule has 0 saturated heterocycles. The van der Waals surface area contributed by atoms with Crippen LogP contribution in [-0.4, -0.2) is 23.7 Å². The molecule has 24 heavy (non-hydrogen) atoms. The van der Waals surface area contributed by atoms with Crippen LogP contribution in [0.1, 0.15) is 5.56 Å². The van der Waals surface area contributed by atoms with Gasteiger partial charge in [-0.25, -0.2) is 9.38 Å².